The molecule has 0 aromatic heterocycles. The Kier molecular flexibility index (Phi) is 4.88. The van der Waals surface area contributed by atoms with Crippen LogP contribution in [0.4, 0.5) is 0 Å². The van der Waals surface area contributed by atoms with E-state index in [1.807, 2.05) is 11.0 Å². The summed E-state index contributed by atoms with van der Waals surface area (Å²) in [5, 5.41) is 1.70. The summed E-state index contributed by atoms with van der Waals surface area (Å²) in [7, 11) is 0. The van der Waals surface area contributed by atoms with Gasteiger partial charge in [-0.2, -0.15) is 0 Å². The molecule has 0 bridgehead atoms. The monoisotopic (exact) mass is 371 g/mol. The first kappa shape index (κ1) is 16.0. The molecule has 2 aromatic rings. The van der Waals surface area contributed by atoms with Crippen molar-refractivity contribution in [3.05, 3.63) is 68.7 Å². The zero-order valence-corrected chi connectivity index (χ0v) is 14.5. The summed E-state index contributed by atoms with van der Waals surface area (Å²) >= 11 is 19.8. The summed E-state index contributed by atoms with van der Waals surface area (Å²) < 4.78 is 0. The molecular weight excluding hydrogens is 361 g/mol. The van der Waals surface area contributed by atoms with Crippen LogP contribution in [0.15, 0.2) is 42.5 Å². The van der Waals surface area contributed by atoms with Crippen molar-refractivity contribution < 1.29 is 4.79 Å². The molecule has 3 rings (SSSR count). The van der Waals surface area contributed by atoms with Crippen molar-refractivity contribution in [3.8, 4) is 0 Å². The predicted octanol–water partition coefficient (Wildman–Crippen LogP) is 5.53. The molecule has 1 atom stereocenters. The summed E-state index contributed by atoms with van der Waals surface area (Å²) in [6.07, 6.45) is 0. The molecule has 1 heterocycles. The highest BCUT2D eigenvalue weighted by molar-refractivity contribution is 7.99. The van der Waals surface area contributed by atoms with E-state index in [9.17, 15) is 4.79 Å². The molecule has 1 fully saturated rings. The van der Waals surface area contributed by atoms with E-state index in [1.165, 1.54) is 0 Å². The van der Waals surface area contributed by atoms with Gasteiger partial charge in [0.2, 0.25) is 0 Å². The highest BCUT2D eigenvalue weighted by atomic mass is 35.5. The molecular formula is C16H12Cl3NOS. The summed E-state index contributed by atoms with van der Waals surface area (Å²) in [4.78, 5) is 14.6. The highest BCUT2D eigenvalue weighted by Crippen LogP contribution is 2.42. The number of amides is 1. The van der Waals surface area contributed by atoms with E-state index in [1.54, 1.807) is 48.2 Å². The molecule has 2 nitrogen and oxygen atoms in total. The van der Waals surface area contributed by atoms with Crippen LogP contribution in [0, 0.1) is 0 Å². The van der Waals surface area contributed by atoms with Gasteiger partial charge in [-0.15, -0.1) is 11.8 Å². The number of hydrogen-bond donors (Lipinski definition) is 0. The second-order valence-electron chi connectivity index (χ2n) is 4.89. The zero-order chi connectivity index (χ0) is 15.7. The molecule has 0 spiro atoms. The average Bonchev–Trinajstić information content (AvgIpc) is 2.96. The van der Waals surface area contributed by atoms with Gasteiger partial charge in [0, 0.05) is 38.5 Å². The lowest BCUT2D eigenvalue weighted by Gasteiger charge is -2.25. The SMILES string of the molecule is O=C(c1ccc(Cl)cc1)N1CCS[C@H]1c1ccc(Cl)cc1Cl. The number of carbonyl (C=O) groups is 1. The number of benzene rings is 2. The number of thioether (sulfide) groups is 1. The van der Waals surface area contributed by atoms with Crippen LogP contribution in [0.5, 0.6) is 0 Å². The molecule has 1 amide bonds. The van der Waals surface area contributed by atoms with E-state index < -0.39 is 0 Å². The fourth-order valence-corrected chi connectivity index (χ4v) is 4.39. The molecule has 1 aliphatic heterocycles. The van der Waals surface area contributed by atoms with Gasteiger partial charge >= 0.3 is 0 Å². The van der Waals surface area contributed by atoms with Crippen LogP contribution in [0.3, 0.4) is 0 Å². The van der Waals surface area contributed by atoms with Crippen LogP contribution >= 0.6 is 46.6 Å². The van der Waals surface area contributed by atoms with Gasteiger partial charge in [-0.25, -0.2) is 0 Å². The van der Waals surface area contributed by atoms with Crippen molar-refractivity contribution in [1.29, 1.82) is 0 Å². The molecule has 0 unspecified atom stereocenters. The van der Waals surface area contributed by atoms with Crippen LogP contribution in [0.25, 0.3) is 0 Å². The second kappa shape index (κ2) is 6.71. The molecule has 0 radical (unpaired) electrons. The Bertz CT molecular complexity index is 705. The third-order valence-electron chi connectivity index (χ3n) is 3.47. The van der Waals surface area contributed by atoms with Crippen molar-refractivity contribution in [2.45, 2.75) is 5.37 Å². The van der Waals surface area contributed by atoms with Crippen LogP contribution in [0.1, 0.15) is 21.3 Å². The minimum absolute atomic E-state index is 0.0160. The van der Waals surface area contributed by atoms with Gasteiger partial charge < -0.3 is 4.90 Å². The Morgan fingerprint density at radius 3 is 2.41 bits per heavy atom. The summed E-state index contributed by atoms with van der Waals surface area (Å²) in [5.41, 5.74) is 1.54. The number of halogens is 3. The van der Waals surface area contributed by atoms with Gasteiger partial charge in [-0.05, 0) is 36.4 Å². The molecule has 114 valence electrons. The lowest BCUT2D eigenvalue weighted by Crippen LogP contribution is -2.30. The molecule has 2 aromatic carbocycles. The second-order valence-corrected chi connectivity index (χ2v) is 7.36. The fourth-order valence-electron chi connectivity index (χ4n) is 2.40. The number of carbonyl (C=O) groups excluding carboxylic acids is 1. The lowest BCUT2D eigenvalue weighted by atomic mass is 10.1. The van der Waals surface area contributed by atoms with Gasteiger partial charge in [-0.3, -0.25) is 4.79 Å². The third kappa shape index (κ3) is 3.23. The van der Waals surface area contributed by atoms with Crippen molar-refractivity contribution in [1.82, 2.24) is 4.90 Å². The van der Waals surface area contributed by atoms with Gasteiger partial charge in [0.1, 0.15) is 5.37 Å². The summed E-state index contributed by atoms with van der Waals surface area (Å²) in [6.45, 7) is 0.690. The smallest absolute Gasteiger partial charge is 0.255 e. The summed E-state index contributed by atoms with van der Waals surface area (Å²) in [6, 6.07) is 12.3. The minimum atomic E-state index is -0.0899. The fraction of sp³-hybridized carbons (Fsp3) is 0.188. The highest BCUT2D eigenvalue weighted by Gasteiger charge is 2.32. The van der Waals surface area contributed by atoms with Gasteiger partial charge in [0.15, 0.2) is 0 Å². The van der Waals surface area contributed by atoms with Crippen molar-refractivity contribution in [3.63, 3.8) is 0 Å². The van der Waals surface area contributed by atoms with Crippen LogP contribution in [0.2, 0.25) is 15.1 Å². The standard InChI is InChI=1S/C16H12Cl3NOS/c17-11-3-1-10(2-4-11)15(21)20-7-8-22-16(20)13-6-5-12(18)9-14(13)19/h1-6,9,16H,7-8H2/t16-/m0/s1. The topological polar surface area (TPSA) is 20.3 Å². The number of rotatable bonds is 2. The third-order valence-corrected chi connectivity index (χ3v) is 5.53. The largest absolute Gasteiger partial charge is 0.322 e. The lowest BCUT2D eigenvalue weighted by molar-refractivity contribution is 0.0760. The predicted molar refractivity (Wildman–Crippen MR) is 94.1 cm³/mol. The first-order valence-electron chi connectivity index (χ1n) is 6.69. The number of hydrogen-bond acceptors (Lipinski definition) is 2. The Balaban J connectivity index is 1.89. The zero-order valence-electron chi connectivity index (χ0n) is 11.4. The van der Waals surface area contributed by atoms with Crippen LogP contribution < -0.4 is 0 Å². The van der Waals surface area contributed by atoms with Gasteiger partial charge in [0.05, 0.1) is 0 Å². The first-order valence-corrected chi connectivity index (χ1v) is 8.87. The van der Waals surface area contributed by atoms with Gasteiger partial charge in [0.25, 0.3) is 5.91 Å². The summed E-state index contributed by atoms with van der Waals surface area (Å²) in [5.74, 6) is 0.862. The molecule has 22 heavy (non-hydrogen) atoms. The Morgan fingerprint density at radius 2 is 1.73 bits per heavy atom. The van der Waals surface area contributed by atoms with E-state index in [2.05, 4.69) is 0 Å². The molecule has 6 heteroatoms. The number of nitrogens with zero attached hydrogens (tertiary/aromatic N) is 1. The molecule has 0 aliphatic carbocycles. The average molecular weight is 373 g/mol. The van der Waals surface area contributed by atoms with Crippen molar-refractivity contribution >= 4 is 52.5 Å². The minimum Gasteiger partial charge on any atom is -0.322 e. The normalized spacial score (nSPS) is 17.8. The Hall–Kier alpha value is -0.870. The van der Waals surface area contributed by atoms with E-state index in [0.717, 1.165) is 11.3 Å². The maximum atomic E-state index is 12.7. The molecule has 1 aliphatic rings. The Morgan fingerprint density at radius 1 is 1.05 bits per heavy atom. The van der Waals surface area contributed by atoms with E-state index in [0.29, 0.717) is 27.2 Å². The maximum Gasteiger partial charge on any atom is 0.255 e. The van der Waals surface area contributed by atoms with E-state index in [-0.39, 0.29) is 11.3 Å². The van der Waals surface area contributed by atoms with Crippen LogP contribution in [-0.2, 0) is 0 Å². The molecule has 0 N–H and O–H groups in total. The molecule has 1 saturated heterocycles. The Labute approximate surface area is 148 Å². The molecule has 0 saturated carbocycles. The first-order chi connectivity index (χ1) is 10.6. The quantitative estimate of drug-likeness (QED) is 0.690. The van der Waals surface area contributed by atoms with Crippen LogP contribution in [-0.4, -0.2) is 23.1 Å². The van der Waals surface area contributed by atoms with Crippen molar-refractivity contribution in [2.24, 2.45) is 0 Å². The van der Waals surface area contributed by atoms with Crippen molar-refractivity contribution in [2.75, 3.05) is 12.3 Å². The van der Waals surface area contributed by atoms with Gasteiger partial charge in [-0.1, -0.05) is 40.9 Å². The maximum absolute atomic E-state index is 12.7. The van der Waals surface area contributed by atoms with E-state index >= 15 is 0 Å². The van der Waals surface area contributed by atoms with E-state index in [4.69, 9.17) is 34.8 Å².